The molecule has 1 N–H and O–H groups in total. The zero-order chi connectivity index (χ0) is 18.5. The summed E-state index contributed by atoms with van der Waals surface area (Å²) >= 11 is 1.70. The molecule has 0 radical (unpaired) electrons. The zero-order valence-electron chi connectivity index (χ0n) is 15.5. The highest BCUT2D eigenvalue weighted by atomic mass is 32.1. The van der Waals surface area contributed by atoms with E-state index in [0.717, 1.165) is 28.6 Å². The van der Waals surface area contributed by atoms with Gasteiger partial charge in [0.15, 0.2) is 6.54 Å². The van der Waals surface area contributed by atoms with Crippen LogP contribution < -0.4 is 9.64 Å². The molecule has 1 amide bonds. The first kappa shape index (κ1) is 18.4. The number of likely N-dealkylation sites (N-methyl/N-ethyl adjacent to an activating group) is 2. The standard InChI is InChI=1S/C21H24N2O2S/c1-22(12-17-8-9-26-15-17)14-21(24)23(2)13-16-4-5-19-11-20(25-3)7-6-18(19)10-16/h4-11,15H,12-14H2,1-3H3/p+1. The molecule has 136 valence electrons. The third kappa shape index (κ3) is 4.62. The van der Waals surface area contributed by atoms with Crippen molar-refractivity contribution in [3.63, 3.8) is 0 Å². The van der Waals surface area contributed by atoms with Crippen molar-refractivity contribution in [3.05, 3.63) is 64.4 Å². The minimum atomic E-state index is 0.160. The molecule has 0 aliphatic carbocycles. The summed E-state index contributed by atoms with van der Waals surface area (Å²) in [5, 5.41) is 6.51. The van der Waals surface area contributed by atoms with Crippen molar-refractivity contribution in [1.29, 1.82) is 0 Å². The normalized spacial score (nSPS) is 12.1. The molecule has 0 aliphatic rings. The van der Waals surface area contributed by atoms with Crippen LogP contribution in [0.15, 0.2) is 53.2 Å². The maximum atomic E-state index is 12.5. The molecule has 1 atom stereocenters. The summed E-state index contributed by atoms with van der Waals surface area (Å²) in [4.78, 5) is 15.5. The summed E-state index contributed by atoms with van der Waals surface area (Å²) in [6.07, 6.45) is 0. The van der Waals surface area contributed by atoms with Gasteiger partial charge in [-0.3, -0.25) is 4.79 Å². The van der Waals surface area contributed by atoms with Gasteiger partial charge in [0, 0.05) is 19.2 Å². The Bertz CT molecular complexity index is 877. The Morgan fingerprint density at radius 1 is 1.12 bits per heavy atom. The molecule has 0 saturated carbocycles. The predicted octanol–water partition coefficient (Wildman–Crippen LogP) is 2.58. The van der Waals surface area contributed by atoms with E-state index in [2.05, 4.69) is 48.1 Å². The predicted molar refractivity (Wildman–Crippen MR) is 107 cm³/mol. The number of amides is 1. The Balaban J connectivity index is 1.60. The topological polar surface area (TPSA) is 34.0 Å². The maximum Gasteiger partial charge on any atom is 0.277 e. The number of nitrogens with one attached hydrogen (secondary N) is 1. The van der Waals surface area contributed by atoms with Gasteiger partial charge in [-0.05, 0) is 51.4 Å². The molecule has 0 aliphatic heterocycles. The monoisotopic (exact) mass is 369 g/mol. The fraction of sp³-hybridized carbons (Fsp3) is 0.286. The number of thiophene rings is 1. The summed E-state index contributed by atoms with van der Waals surface area (Å²) in [7, 11) is 5.61. The van der Waals surface area contributed by atoms with Crippen LogP contribution in [0.5, 0.6) is 5.75 Å². The van der Waals surface area contributed by atoms with E-state index >= 15 is 0 Å². The molecular weight excluding hydrogens is 344 g/mol. The number of hydrogen-bond donors (Lipinski definition) is 1. The van der Waals surface area contributed by atoms with Gasteiger partial charge in [0.2, 0.25) is 0 Å². The van der Waals surface area contributed by atoms with Crippen LogP contribution in [0, 0.1) is 0 Å². The van der Waals surface area contributed by atoms with E-state index in [1.165, 1.54) is 10.5 Å². The van der Waals surface area contributed by atoms with Crippen molar-refractivity contribution in [2.45, 2.75) is 13.1 Å². The van der Waals surface area contributed by atoms with E-state index in [0.29, 0.717) is 13.1 Å². The van der Waals surface area contributed by atoms with Crippen LogP contribution >= 0.6 is 11.3 Å². The summed E-state index contributed by atoms with van der Waals surface area (Å²) in [6, 6.07) is 14.5. The molecule has 0 bridgehead atoms. The van der Waals surface area contributed by atoms with Crippen molar-refractivity contribution in [3.8, 4) is 5.75 Å². The molecule has 1 aromatic heterocycles. The summed E-state index contributed by atoms with van der Waals surface area (Å²) in [6.45, 7) is 1.99. The molecular formula is C21H25N2O2S+. The summed E-state index contributed by atoms with van der Waals surface area (Å²) < 4.78 is 5.27. The number of carbonyl (C=O) groups excluding carboxylic acids is 1. The Labute approximate surface area is 158 Å². The van der Waals surface area contributed by atoms with Gasteiger partial charge in [-0.15, -0.1) is 0 Å². The van der Waals surface area contributed by atoms with E-state index in [1.807, 2.05) is 24.1 Å². The van der Waals surface area contributed by atoms with Crippen LogP contribution in [0.25, 0.3) is 10.8 Å². The minimum Gasteiger partial charge on any atom is -0.497 e. The van der Waals surface area contributed by atoms with Crippen molar-refractivity contribution in [2.75, 3.05) is 27.7 Å². The van der Waals surface area contributed by atoms with Gasteiger partial charge in [0.25, 0.3) is 5.91 Å². The number of quaternary nitrogens is 1. The number of hydrogen-bond acceptors (Lipinski definition) is 3. The maximum absolute atomic E-state index is 12.5. The van der Waals surface area contributed by atoms with Gasteiger partial charge >= 0.3 is 0 Å². The van der Waals surface area contributed by atoms with Crippen LogP contribution in [0.1, 0.15) is 11.1 Å². The highest BCUT2D eigenvalue weighted by molar-refractivity contribution is 7.07. The zero-order valence-corrected chi connectivity index (χ0v) is 16.3. The quantitative estimate of drug-likeness (QED) is 0.695. The number of nitrogens with zero attached hydrogens (tertiary/aromatic N) is 1. The van der Waals surface area contributed by atoms with Gasteiger partial charge < -0.3 is 14.5 Å². The van der Waals surface area contributed by atoms with E-state index in [4.69, 9.17) is 4.74 Å². The van der Waals surface area contributed by atoms with Gasteiger partial charge in [0.1, 0.15) is 12.3 Å². The SMILES string of the molecule is COc1ccc2cc(CN(C)C(=O)C[NH+](C)Cc3ccsc3)ccc2c1. The van der Waals surface area contributed by atoms with Gasteiger partial charge in [0.05, 0.1) is 14.2 Å². The van der Waals surface area contributed by atoms with Crippen LogP contribution in [-0.2, 0) is 17.9 Å². The lowest BCUT2D eigenvalue weighted by atomic mass is 10.1. The molecule has 1 heterocycles. The minimum absolute atomic E-state index is 0.160. The lowest BCUT2D eigenvalue weighted by Crippen LogP contribution is -3.08. The first-order chi connectivity index (χ1) is 12.5. The average Bonchev–Trinajstić information content (AvgIpc) is 3.13. The van der Waals surface area contributed by atoms with E-state index in [1.54, 1.807) is 18.4 Å². The van der Waals surface area contributed by atoms with Crippen molar-refractivity contribution in [2.24, 2.45) is 0 Å². The third-order valence-electron chi connectivity index (χ3n) is 4.50. The summed E-state index contributed by atoms with van der Waals surface area (Å²) in [5.41, 5.74) is 2.42. The Morgan fingerprint density at radius 2 is 1.88 bits per heavy atom. The number of fused-ring (bicyclic) bond motifs is 1. The van der Waals surface area contributed by atoms with E-state index in [9.17, 15) is 4.79 Å². The molecule has 5 heteroatoms. The van der Waals surface area contributed by atoms with Crippen LogP contribution in [0.4, 0.5) is 0 Å². The van der Waals surface area contributed by atoms with Crippen LogP contribution in [-0.4, -0.2) is 38.6 Å². The highest BCUT2D eigenvalue weighted by Gasteiger charge is 2.15. The van der Waals surface area contributed by atoms with Crippen molar-refractivity contribution < 1.29 is 14.4 Å². The summed E-state index contributed by atoms with van der Waals surface area (Å²) in [5.74, 6) is 1.02. The number of carbonyl (C=O) groups is 1. The van der Waals surface area contributed by atoms with Gasteiger partial charge in [-0.25, -0.2) is 0 Å². The average molecular weight is 370 g/mol. The Kier molecular flexibility index (Phi) is 5.91. The van der Waals surface area contributed by atoms with Gasteiger partial charge in [-0.2, -0.15) is 11.3 Å². The molecule has 2 aromatic carbocycles. The number of ether oxygens (including phenoxy) is 1. The second-order valence-corrected chi connectivity index (χ2v) is 7.52. The van der Waals surface area contributed by atoms with Crippen LogP contribution in [0.3, 0.4) is 0 Å². The largest absolute Gasteiger partial charge is 0.497 e. The number of benzene rings is 2. The number of methoxy groups -OCH3 is 1. The molecule has 0 fully saturated rings. The molecule has 1 unspecified atom stereocenters. The molecule has 26 heavy (non-hydrogen) atoms. The van der Waals surface area contributed by atoms with E-state index < -0.39 is 0 Å². The third-order valence-corrected chi connectivity index (χ3v) is 5.23. The Hall–Kier alpha value is -2.37. The fourth-order valence-corrected chi connectivity index (χ4v) is 3.73. The smallest absolute Gasteiger partial charge is 0.277 e. The van der Waals surface area contributed by atoms with Crippen molar-refractivity contribution in [1.82, 2.24) is 4.90 Å². The lowest BCUT2D eigenvalue weighted by molar-refractivity contribution is -0.885. The fourth-order valence-electron chi connectivity index (χ4n) is 3.06. The van der Waals surface area contributed by atoms with Crippen LogP contribution in [0.2, 0.25) is 0 Å². The van der Waals surface area contributed by atoms with Gasteiger partial charge in [-0.1, -0.05) is 18.2 Å². The molecule has 3 aromatic rings. The van der Waals surface area contributed by atoms with Crippen molar-refractivity contribution >= 4 is 28.0 Å². The first-order valence-corrected chi connectivity index (χ1v) is 9.62. The number of rotatable bonds is 7. The lowest BCUT2D eigenvalue weighted by Gasteiger charge is -2.20. The Morgan fingerprint density at radius 3 is 2.62 bits per heavy atom. The highest BCUT2D eigenvalue weighted by Crippen LogP contribution is 2.22. The molecule has 4 nitrogen and oxygen atoms in total. The molecule has 3 rings (SSSR count). The van der Waals surface area contributed by atoms with E-state index in [-0.39, 0.29) is 5.91 Å². The second-order valence-electron chi connectivity index (χ2n) is 6.74. The molecule has 0 saturated heterocycles. The second kappa shape index (κ2) is 8.34. The first-order valence-electron chi connectivity index (χ1n) is 8.68. The molecule has 0 spiro atoms.